The van der Waals surface area contributed by atoms with E-state index in [9.17, 15) is 27.6 Å². The molecule has 0 saturated carbocycles. The van der Waals surface area contributed by atoms with Crippen LogP contribution in [-0.4, -0.2) is 86.8 Å². The molecule has 4 heterocycles. The number of ether oxygens (including phenoxy) is 1. The Morgan fingerprint density at radius 1 is 0.726 bits per heavy atom. The second kappa shape index (κ2) is 17.7. The first-order valence-electron chi connectivity index (χ1n) is 20.5. The SMILES string of the molecule is COC(=O)N[C@@H](C(=O)N1CCC[C@H]1c1ncc(-c2ccc(-c3ccc(-c4cnc([C@@H]5CCCN5C(=O)[C@@H](c5ccccc5)N(C)C)[nH]4)cc3C(F)(F)F)cc2)[nH]1)c1ccccc1. The molecule has 0 spiro atoms. The first-order chi connectivity index (χ1) is 29.9. The Balaban J connectivity index is 0.995. The van der Waals surface area contributed by atoms with E-state index >= 15 is 0 Å². The smallest absolute Gasteiger partial charge is 0.417 e. The number of hydrogen-bond acceptors (Lipinski definition) is 7. The van der Waals surface area contributed by atoms with E-state index in [0.717, 1.165) is 24.5 Å². The number of aromatic nitrogens is 4. The highest BCUT2D eigenvalue weighted by Crippen LogP contribution is 2.41. The fourth-order valence-corrected chi connectivity index (χ4v) is 8.69. The van der Waals surface area contributed by atoms with Gasteiger partial charge in [0, 0.05) is 18.7 Å². The number of nitrogens with one attached hydrogen (secondary N) is 3. The summed E-state index contributed by atoms with van der Waals surface area (Å²) in [5, 5.41) is 2.66. The lowest BCUT2D eigenvalue weighted by Crippen LogP contribution is -2.42. The normalized spacial score (nSPS) is 17.6. The zero-order chi connectivity index (χ0) is 43.5. The molecule has 12 nitrogen and oxygen atoms in total. The molecule has 6 aromatic rings. The number of hydrogen-bond donors (Lipinski definition) is 3. The molecule has 2 saturated heterocycles. The molecule has 0 radical (unpaired) electrons. The zero-order valence-electron chi connectivity index (χ0n) is 34.5. The Morgan fingerprint density at radius 2 is 1.24 bits per heavy atom. The van der Waals surface area contributed by atoms with Crippen LogP contribution in [0.4, 0.5) is 18.0 Å². The summed E-state index contributed by atoms with van der Waals surface area (Å²) in [6.45, 7) is 1.02. The summed E-state index contributed by atoms with van der Waals surface area (Å²) in [4.78, 5) is 61.2. The van der Waals surface area contributed by atoms with Crippen molar-refractivity contribution in [2.45, 2.75) is 56.0 Å². The predicted octanol–water partition coefficient (Wildman–Crippen LogP) is 8.88. The monoisotopic (exact) mass is 844 g/mol. The molecular weight excluding hydrogens is 798 g/mol. The van der Waals surface area contributed by atoms with Crippen LogP contribution in [-0.2, 0) is 20.5 Å². The summed E-state index contributed by atoms with van der Waals surface area (Å²) in [6.07, 6.45) is 0.633. The molecule has 2 fully saturated rings. The summed E-state index contributed by atoms with van der Waals surface area (Å²) in [5.74, 6) is 0.746. The number of H-pyrrole nitrogens is 2. The minimum atomic E-state index is -4.66. The molecule has 15 heteroatoms. The predicted molar refractivity (Wildman–Crippen MR) is 227 cm³/mol. The molecule has 0 unspecified atom stereocenters. The third-order valence-electron chi connectivity index (χ3n) is 11.7. The highest BCUT2D eigenvalue weighted by molar-refractivity contribution is 5.87. The molecule has 8 rings (SSSR count). The molecule has 320 valence electrons. The van der Waals surface area contributed by atoms with Gasteiger partial charge < -0.3 is 29.8 Å². The summed E-state index contributed by atoms with van der Waals surface area (Å²) in [5.41, 5.74) is 3.19. The van der Waals surface area contributed by atoms with Gasteiger partial charge in [-0.25, -0.2) is 14.8 Å². The van der Waals surface area contributed by atoms with Crippen LogP contribution in [0.2, 0.25) is 0 Å². The number of carbonyl (C=O) groups excluding carboxylic acids is 3. The Kier molecular flexibility index (Phi) is 12.0. The quantitative estimate of drug-likeness (QED) is 0.118. The van der Waals surface area contributed by atoms with Crippen LogP contribution >= 0.6 is 0 Å². The fraction of sp³-hybridized carbons (Fsp3) is 0.298. The number of aromatic amines is 2. The maximum atomic E-state index is 14.8. The van der Waals surface area contributed by atoms with Crippen LogP contribution in [0.3, 0.4) is 0 Å². The van der Waals surface area contributed by atoms with Gasteiger partial charge in [-0.1, -0.05) is 97.1 Å². The number of carbonyl (C=O) groups is 3. The summed E-state index contributed by atoms with van der Waals surface area (Å²) < 4.78 is 49.1. The second-order valence-corrected chi connectivity index (χ2v) is 15.8. The highest BCUT2D eigenvalue weighted by atomic mass is 19.4. The minimum Gasteiger partial charge on any atom is -0.453 e. The number of methoxy groups -OCH3 is 1. The second-order valence-electron chi connectivity index (χ2n) is 15.8. The van der Waals surface area contributed by atoms with Crippen LogP contribution in [0.25, 0.3) is 33.6 Å². The number of alkyl halides is 3. The topological polar surface area (TPSA) is 140 Å². The van der Waals surface area contributed by atoms with E-state index in [4.69, 9.17) is 4.74 Å². The summed E-state index contributed by atoms with van der Waals surface area (Å²) >= 11 is 0. The van der Waals surface area contributed by atoms with Gasteiger partial charge in [0.25, 0.3) is 5.91 Å². The van der Waals surface area contributed by atoms with Crippen molar-refractivity contribution in [3.8, 4) is 33.6 Å². The number of likely N-dealkylation sites (tertiary alicyclic amines) is 2. The highest BCUT2D eigenvalue weighted by Gasteiger charge is 2.39. The van der Waals surface area contributed by atoms with Gasteiger partial charge in [0.05, 0.1) is 48.5 Å². The Bertz CT molecular complexity index is 2520. The van der Waals surface area contributed by atoms with Crippen molar-refractivity contribution < 1.29 is 32.3 Å². The number of imidazole rings is 2. The molecule has 2 aromatic heterocycles. The van der Waals surface area contributed by atoms with Gasteiger partial charge in [-0.3, -0.25) is 14.5 Å². The molecular formula is C47H47F3N8O4. The van der Waals surface area contributed by atoms with Gasteiger partial charge in [0.1, 0.15) is 23.7 Å². The summed E-state index contributed by atoms with van der Waals surface area (Å²) in [7, 11) is 4.97. The van der Waals surface area contributed by atoms with Gasteiger partial charge in [-0.15, -0.1) is 0 Å². The molecule has 62 heavy (non-hydrogen) atoms. The van der Waals surface area contributed by atoms with Gasteiger partial charge in [-0.2, -0.15) is 13.2 Å². The third-order valence-corrected chi connectivity index (χ3v) is 11.7. The van der Waals surface area contributed by atoms with Crippen LogP contribution < -0.4 is 5.32 Å². The number of alkyl carbamates (subject to hydrolysis) is 1. The number of rotatable bonds is 11. The maximum absolute atomic E-state index is 14.8. The Morgan fingerprint density at radius 3 is 1.79 bits per heavy atom. The van der Waals surface area contributed by atoms with E-state index < -0.39 is 29.9 Å². The molecule has 2 aliphatic heterocycles. The van der Waals surface area contributed by atoms with Crippen molar-refractivity contribution in [1.29, 1.82) is 0 Å². The molecule has 2 aliphatic rings. The number of nitrogens with zero attached hydrogens (tertiary/aromatic N) is 5. The van der Waals surface area contributed by atoms with Crippen molar-refractivity contribution in [2.24, 2.45) is 0 Å². The van der Waals surface area contributed by atoms with E-state index in [1.54, 1.807) is 65.7 Å². The van der Waals surface area contributed by atoms with Gasteiger partial charge in [0.15, 0.2) is 0 Å². The number of halogens is 3. The Labute approximate surface area is 357 Å². The lowest BCUT2D eigenvalue weighted by molar-refractivity contribution is -0.138. The maximum Gasteiger partial charge on any atom is 0.417 e. The lowest BCUT2D eigenvalue weighted by atomic mass is 9.95. The third kappa shape index (κ3) is 8.57. The number of likely N-dealkylation sites (N-methyl/N-ethyl adjacent to an activating group) is 1. The molecule has 0 aliphatic carbocycles. The first-order valence-corrected chi connectivity index (χ1v) is 20.5. The molecule has 3 amide bonds. The molecule has 4 atom stereocenters. The Hall–Kier alpha value is -6.74. The van der Waals surface area contributed by atoms with Crippen LogP contribution in [0.1, 0.15) is 78.2 Å². The van der Waals surface area contributed by atoms with E-state index in [-0.39, 0.29) is 29.5 Å². The minimum absolute atomic E-state index is 0.0229. The lowest BCUT2D eigenvalue weighted by Gasteiger charge is -2.31. The van der Waals surface area contributed by atoms with Gasteiger partial charge >= 0.3 is 12.3 Å². The number of benzene rings is 4. The zero-order valence-corrected chi connectivity index (χ0v) is 34.5. The van der Waals surface area contributed by atoms with Crippen LogP contribution in [0.5, 0.6) is 0 Å². The standard InChI is InChI=1S/C47H47F3N8O4/c1-56(2)41(32-14-8-5-9-15-32)45(60)58-25-11-17-39(58)43-52-28-37(54-43)33-22-23-34(35(26-33)47(48,49)50)29-18-20-30(21-19-29)36-27-51-42(53-36)38-16-10-24-57(38)44(59)40(55-46(61)62-3)31-12-6-4-7-13-31/h4-9,12-15,18-23,26-28,38-41H,10-11,16-17,24-25H2,1-3H3,(H,51,53)(H,52,54)(H,55,61)/t38-,39-,40+,41+/m0/s1. The van der Waals surface area contributed by atoms with Crippen LogP contribution in [0, 0.1) is 0 Å². The van der Waals surface area contributed by atoms with Crippen molar-refractivity contribution in [2.75, 3.05) is 34.3 Å². The van der Waals surface area contributed by atoms with Crippen molar-refractivity contribution in [1.82, 2.24) is 40.0 Å². The van der Waals surface area contributed by atoms with Crippen molar-refractivity contribution in [3.63, 3.8) is 0 Å². The van der Waals surface area contributed by atoms with E-state index in [1.165, 1.54) is 19.4 Å². The van der Waals surface area contributed by atoms with Gasteiger partial charge in [-0.05, 0) is 73.7 Å². The van der Waals surface area contributed by atoms with E-state index in [0.29, 0.717) is 71.2 Å². The molecule has 4 aromatic carbocycles. The van der Waals surface area contributed by atoms with E-state index in [2.05, 4.69) is 25.3 Å². The first kappa shape index (κ1) is 42.0. The molecule has 3 N–H and O–H groups in total. The van der Waals surface area contributed by atoms with Crippen molar-refractivity contribution >= 4 is 17.9 Å². The van der Waals surface area contributed by atoms with Gasteiger partial charge in [0.2, 0.25) is 5.91 Å². The average Bonchev–Trinajstić information content (AvgIpc) is 4.13. The fourth-order valence-electron chi connectivity index (χ4n) is 8.69. The summed E-state index contributed by atoms with van der Waals surface area (Å²) in [6, 6.07) is 27.3. The average molecular weight is 845 g/mol. The van der Waals surface area contributed by atoms with E-state index in [1.807, 2.05) is 60.3 Å². The largest absolute Gasteiger partial charge is 0.453 e. The van der Waals surface area contributed by atoms with Crippen molar-refractivity contribution in [3.05, 3.63) is 144 Å². The number of amides is 3. The van der Waals surface area contributed by atoms with Crippen LogP contribution in [0.15, 0.2) is 116 Å². The molecule has 0 bridgehead atoms.